The third-order valence-electron chi connectivity index (χ3n) is 5.55. The Balaban J connectivity index is 2.97. The molecular formula is C23H40N8O6. The van der Waals surface area contributed by atoms with E-state index in [1.807, 2.05) is 13.8 Å². The van der Waals surface area contributed by atoms with Gasteiger partial charge in [-0.1, -0.05) is 20.3 Å². The number of nitrogens with one attached hydrogen (secondary N) is 4. The van der Waals surface area contributed by atoms with E-state index in [-0.39, 0.29) is 31.6 Å². The summed E-state index contributed by atoms with van der Waals surface area (Å²) in [5.41, 5.74) is 17.1. The second-order valence-electron chi connectivity index (χ2n) is 9.33. The lowest BCUT2D eigenvalue weighted by atomic mass is 10.0. The average molecular weight is 525 g/mol. The lowest BCUT2D eigenvalue weighted by molar-refractivity contribution is -0.142. The molecule has 0 bridgehead atoms. The van der Waals surface area contributed by atoms with Crippen molar-refractivity contribution in [3.8, 4) is 0 Å². The molecule has 1 aromatic rings. The quantitative estimate of drug-likeness (QED) is 0.101. The summed E-state index contributed by atoms with van der Waals surface area (Å²) >= 11 is 0. The number of carbonyl (C=O) groups excluding carboxylic acids is 4. The van der Waals surface area contributed by atoms with Crippen LogP contribution in [0.3, 0.4) is 0 Å². The SMILES string of the molecule is CC(C)CC(NC(=O)C(N)CCCCN)C(=O)NC(CCC(N)=O)C(=O)NC(Cc1cnc[nH]1)C(=O)O. The van der Waals surface area contributed by atoms with Crippen LogP contribution in [-0.2, 0) is 30.4 Å². The standard InChI is InChI=1S/C23H40N8O6/c1-13(2)9-17(30-20(33)15(25)5-3-4-8-24)22(35)29-16(6-7-19(26)32)21(34)31-18(23(36)37)10-14-11-27-12-28-14/h11-13,15-18H,3-10,24-25H2,1-2H3,(H2,26,32)(H,27,28)(H,29,35)(H,30,33)(H,31,34)(H,36,37). The number of carbonyl (C=O) groups is 5. The number of aliphatic carboxylic acids is 1. The van der Waals surface area contributed by atoms with Gasteiger partial charge in [0.15, 0.2) is 0 Å². The number of H-pyrrole nitrogens is 1. The van der Waals surface area contributed by atoms with Gasteiger partial charge in [-0.2, -0.15) is 0 Å². The summed E-state index contributed by atoms with van der Waals surface area (Å²) < 4.78 is 0. The van der Waals surface area contributed by atoms with Gasteiger partial charge in [-0.05, 0) is 38.1 Å². The molecule has 0 spiro atoms. The van der Waals surface area contributed by atoms with Gasteiger partial charge >= 0.3 is 5.97 Å². The predicted octanol–water partition coefficient (Wildman–Crippen LogP) is -1.74. The zero-order valence-electron chi connectivity index (χ0n) is 21.4. The fraction of sp³-hybridized carbons (Fsp3) is 0.652. The van der Waals surface area contributed by atoms with Crippen LogP contribution in [0, 0.1) is 5.92 Å². The van der Waals surface area contributed by atoms with Gasteiger partial charge in [0.1, 0.15) is 18.1 Å². The lowest BCUT2D eigenvalue weighted by Crippen LogP contribution is -2.57. The minimum atomic E-state index is -1.32. The summed E-state index contributed by atoms with van der Waals surface area (Å²) in [6.45, 7) is 4.20. The van der Waals surface area contributed by atoms with Crippen LogP contribution in [0.5, 0.6) is 0 Å². The van der Waals surface area contributed by atoms with Crippen molar-refractivity contribution in [2.45, 2.75) is 83.0 Å². The molecule has 0 aliphatic heterocycles. The van der Waals surface area contributed by atoms with Crippen molar-refractivity contribution in [1.82, 2.24) is 25.9 Å². The highest BCUT2D eigenvalue weighted by atomic mass is 16.4. The molecule has 0 saturated carbocycles. The highest BCUT2D eigenvalue weighted by Crippen LogP contribution is 2.09. The van der Waals surface area contributed by atoms with Gasteiger partial charge in [0.05, 0.1) is 12.4 Å². The average Bonchev–Trinajstić information content (AvgIpc) is 3.33. The van der Waals surface area contributed by atoms with Crippen molar-refractivity contribution in [3.63, 3.8) is 0 Å². The van der Waals surface area contributed by atoms with Crippen molar-refractivity contribution in [3.05, 3.63) is 18.2 Å². The number of hydrogen-bond donors (Lipinski definition) is 8. The Kier molecular flexibility index (Phi) is 13.9. The fourth-order valence-corrected chi connectivity index (χ4v) is 3.54. The Labute approximate surface area is 215 Å². The van der Waals surface area contributed by atoms with Crippen LogP contribution in [-0.4, -0.2) is 75.4 Å². The first-order chi connectivity index (χ1) is 17.4. The Morgan fingerprint density at radius 2 is 1.59 bits per heavy atom. The molecule has 0 aliphatic carbocycles. The molecule has 11 N–H and O–H groups in total. The van der Waals surface area contributed by atoms with E-state index in [4.69, 9.17) is 17.2 Å². The zero-order valence-corrected chi connectivity index (χ0v) is 21.4. The molecular weight excluding hydrogens is 484 g/mol. The number of imidazole rings is 1. The highest BCUT2D eigenvalue weighted by Gasteiger charge is 2.31. The molecule has 14 nitrogen and oxygen atoms in total. The summed E-state index contributed by atoms with van der Waals surface area (Å²) in [6, 6.07) is -4.43. The van der Waals surface area contributed by atoms with Gasteiger partial charge in [-0.3, -0.25) is 19.2 Å². The number of primary amides is 1. The number of nitrogens with zero attached hydrogens (tertiary/aromatic N) is 1. The first kappa shape index (κ1) is 31.5. The van der Waals surface area contributed by atoms with Crippen LogP contribution < -0.4 is 33.2 Å². The van der Waals surface area contributed by atoms with E-state index in [0.29, 0.717) is 31.5 Å². The summed E-state index contributed by atoms with van der Waals surface area (Å²) in [5, 5.41) is 17.1. The highest BCUT2D eigenvalue weighted by molar-refractivity contribution is 5.94. The third kappa shape index (κ3) is 12.3. The van der Waals surface area contributed by atoms with Crippen LogP contribution in [0.25, 0.3) is 0 Å². The predicted molar refractivity (Wildman–Crippen MR) is 134 cm³/mol. The topological polar surface area (TPSA) is 248 Å². The van der Waals surface area contributed by atoms with Crippen molar-refractivity contribution in [1.29, 1.82) is 0 Å². The second-order valence-corrected chi connectivity index (χ2v) is 9.33. The van der Waals surface area contributed by atoms with Crippen LogP contribution in [0.1, 0.15) is 58.1 Å². The van der Waals surface area contributed by atoms with Gasteiger partial charge in [0.25, 0.3) is 0 Å². The molecule has 14 heteroatoms. The Morgan fingerprint density at radius 3 is 2.14 bits per heavy atom. The van der Waals surface area contributed by atoms with Crippen LogP contribution >= 0.6 is 0 Å². The number of carboxylic acids is 1. The van der Waals surface area contributed by atoms with Gasteiger partial charge < -0.3 is 43.2 Å². The van der Waals surface area contributed by atoms with E-state index in [1.165, 1.54) is 12.5 Å². The summed E-state index contributed by atoms with van der Waals surface area (Å²) in [4.78, 5) is 68.3. The van der Waals surface area contributed by atoms with E-state index in [1.54, 1.807) is 0 Å². The van der Waals surface area contributed by atoms with Crippen molar-refractivity contribution in [2.75, 3.05) is 6.54 Å². The normalized spacial score (nSPS) is 14.3. The molecule has 1 heterocycles. The maximum atomic E-state index is 13.1. The maximum Gasteiger partial charge on any atom is 0.326 e. The molecule has 208 valence electrons. The molecule has 4 unspecified atom stereocenters. The van der Waals surface area contributed by atoms with Crippen molar-refractivity contribution in [2.24, 2.45) is 23.1 Å². The molecule has 0 radical (unpaired) electrons. The number of unbranched alkanes of at least 4 members (excludes halogenated alkanes) is 1. The van der Waals surface area contributed by atoms with Crippen LogP contribution in [0.4, 0.5) is 0 Å². The summed E-state index contributed by atoms with van der Waals surface area (Å²) in [6.07, 6.45) is 4.35. The van der Waals surface area contributed by atoms with Crippen molar-refractivity contribution >= 4 is 29.6 Å². The number of amides is 4. The van der Waals surface area contributed by atoms with Gasteiger partial charge in [0, 0.05) is 24.7 Å². The monoisotopic (exact) mass is 524 g/mol. The molecule has 37 heavy (non-hydrogen) atoms. The second kappa shape index (κ2) is 16.3. The Bertz CT molecular complexity index is 892. The number of nitrogens with two attached hydrogens (primary N) is 3. The number of rotatable bonds is 18. The van der Waals surface area contributed by atoms with Crippen molar-refractivity contribution < 1.29 is 29.1 Å². The molecule has 0 saturated heterocycles. The molecule has 4 atom stereocenters. The van der Waals surface area contributed by atoms with E-state index < -0.39 is 53.8 Å². The Hall–Kier alpha value is -3.52. The van der Waals surface area contributed by atoms with Gasteiger partial charge in [-0.15, -0.1) is 0 Å². The third-order valence-corrected chi connectivity index (χ3v) is 5.55. The smallest absolute Gasteiger partial charge is 0.326 e. The summed E-state index contributed by atoms with van der Waals surface area (Å²) in [7, 11) is 0. The molecule has 0 fully saturated rings. The number of aromatic nitrogens is 2. The van der Waals surface area contributed by atoms with Gasteiger partial charge in [-0.25, -0.2) is 9.78 Å². The fourth-order valence-electron chi connectivity index (χ4n) is 3.54. The largest absolute Gasteiger partial charge is 0.480 e. The lowest BCUT2D eigenvalue weighted by Gasteiger charge is -2.26. The minimum Gasteiger partial charge on any atom is -0.480 e. The number of hydrogen-bond acceptors (Lipinski definition) is 8. The summed E-state index contributed by atoms with van der Waals surface area (Å²) in [5.74, 6) is -3.98. The molecule has 4 amide bonds. The van der Waals surface area contributed by atoms with E-state index in [0.717, 1.165) is 0 Å². The van der Waals surface area contributed by atoms with Gasteiger partial charge in [0.2, 0.25) is 23.6 Å². The van der Waals surface area contributed by atoms with E-state index >= 15 is 0 Å². The molecule has 0 aromatic carbocycles. The zero-order chi connectivity index (χ0) is 28.0. The minimum absolute atomic E-state index is 0.00760. The van der Waals surface area contributed by atoms with Crippen LogP contribution in [0.2, 0.25) is 0 Å². The van der Waals surface area contributed by atoms with E-state index in [2.05, 4.69) is 25.9 Å². The molecule has 0 aliphatic rings. The number of carboxylic acid groups (broad SMARTS) is 1. The molecule has 1 aromatic heterocycles. The molecule has 1 rings (SSSR count). The first-order valence-corrected chi connectivity index (χ1v) is 12.3. The maximum absolute atomic E-state index is 13.1. The van der Waals surface area contributed by atoms with Crippen LogP contribution in [0.15, 0.2) is 12.5 Å². The Morgan fingerprint density at radius 1 is 0.973 bits per heavy atom. The first-order valence-electron chi connectivity index (χ1n) is 12.3. The van der Waals surface area contributed by atoms with E-state index in [9.17, 15) is 29.1 Å². The number of aromatic amines is 1.